The van der Waals surface area contributed by atoms with Crippen molar-refractivity contribution in [2.75, 3.05) is 0 Å². The molecule has 1 atom stereocenters. The van der Waals surface area contributed by atoms with Crippen molar-refractivity contribution >= 4 is 10.0 Å². The van der Waals surface area contributed by atoms with Gasteiger partial charge in [0.2, 0.25) is 10.0 Å². The van der Waals surface area contributed by atoms with Gasteiger partial charge >= 0.3 is 0 Å². The number of aromatic amines is 1. The van der Waals surface area contributed by atoms with Gasteiger partial charge in [-0.3, -0.25) is 5.10 Å². The van der Waals surface area contributed by atoms with Crippen molar-refractivity contribution in [1.82, 2.24) is 14.9 Å². The molecule has 1 unspecified atom stereocenters. The minimum atomic E-state index is -3.54. The fourth-order valence-electron chi connectivity index (χ4n) is 2.37. The molecule has 106 valence electrons. The maximum atomic E-state index is 12.5. The average Bonchev–Trinajstić information content (AvgIpc) is 3.18. The Morgan fingerprint density at radius 3 is 2.55 bits per heavy atom. The molecule has 0 bridgehead atoms. The number of nitrogens with one attached hydrogen (secondary N) is 2. The molecule has 2 aromatic rings. The molecule has 2 N–H and O–H groups in total. The lowest BCUT2D eigenvalue weighted by molar-refractivity contribution is 0.528. The number of hydrogen-bond donors (Lipinski definition) is 2. The van der Waals surface area contributed by atoms with E-state index in [0.29, 0.717) is 11.6 Å². The highest BCUT2D eigenvalue weighted by atomic mass is 32.2. The first kappa shape index (κ1) is 13.3. The number of aromatic nitrogens is 2. The van der Waals surface area contributed by atoms with E-state index in [4.69, 9.17) is 0 Å². The molecule has 1 aromatic heterocycles. The maximum Gasteiger partial charge on any atom is 0.244 e. The van der Waals surface area contributed by atoms with Crippen molar-refractivity contribution < 1.29 is 8.42 Å². The fraction of sp³-hybridized carbons (Fsp3) is 0.357. The summed E-state index contributed by atoms with van der Waals surface area (Å²) in [6, 6.07) is 9.57. The lowest BCUT2D eigenvalue weighted by Gasteiger charge is -2.18. The van der Waals surface area contributed by atoms with Crippen molar-refractivity contribution in [3.8, 4) is 0 Å². The zero-order valence-electron chi connectivity index (χ0n) is 11.2. The predicted octanol–water partition coefficient (Wildman–Crippen LogP) is 2.15. The second-order valence-electron chi connectivity index (χ2n) is 5.21. The second-order valence-corrected chi connectivity index (χ2v) is 6.89. The summed E-state index contributed by atoms with van der Waals surface area (Å²) in [4.78, 5) is 0.221. The Morgan fingerprint density at radius 1 is 1.30 bits per heavy atom. The van der Waals surface area contributed by atoms with E-state index in [1.165, 1.54) is 6.20 Å². The van der Waals surface area contributed by atoms with Crippen molar-refractivity contribution in [2.45, 2.75) is 30.7 Å². The Bertz CT molecular complexity index is 690. The largest absolute Gasteiger partial charge is 0.281 e. The van der Waals surface area contributed by atoms with Crippen LogP contribution in [0.15, 0.2) is 41.4 Å². The van der Waals surface area contributed by atoms with Crippen LogP contribution < -0.4 is 4.72 Å². The van der Waals surface area contributed by atoms with Crippen LogP contribution in [-0.4, -0.2) is 18.6 Å². The number of aryl methyl sites for hydroxylation is 1. The Morgan fingerprint density at radius 2 is 2.00 bits per heavy atom. The molecule has 1 aliphatic rings. The summed E-state index contributed by atoms with van der Waals surface area (Å²) in [6.45, 7) is 1.70. The average molecular weight is 291 g/mol. The van der Waals surface area contributed by atoms with Crippen LogP contribution in [-0.2, 0) is 10.0 Å². The first-order valence-corrected chi connectivity index (χ1v) is 8.13. The van der Waals surface area contributed by atoms with Gasteiger partial charge in [0.1, 0.15) is 4.90 Å². The van der Waals surface area contributed by atoms with Crippen LogP contribution in [0.3, 0.4) is 0 Å². The van der Waals surface area contributed by atoms with E-state index in [-0.39, 0.29) is 10.9 Å². The minimum absolute atomic E-state index is 0.157. The first-order valence-electron chi connectivity index (χ1n) is 6.65. The summed E-state index contributed by atoms with van der Waals surface area (Å²) in [6.07, 6.45) is 3.48. The van der Waals surface area contributed by atoms with E-state index >= 15 is 0 Å². The second kappa shape index (κ2) is 5.03. The van der Waals surface area contributed by atoms with E-state index < -0.39 is 10.0 Å². The van der Waals surface area contributed by atoms with Crippen LogP contribution in [0.5, 0.6) is 0 Å². The van der Waals surface area contributed by atoms with E-state index in [1.807, 2.05) is 30.3 Å². The van der Waals surface area contributed by atoms with Crippen molar-refractivity contribution in [2.24, 2.45) is 5.92 Å². The van der Waals surface area contributed by atoms with Gasteiger partial charge in [-0.25, -0.2) is 13.1 Å². The third kappa shape index (κ3) is 2.62. The highest BCUT2D eigenvalue weighted by Gasteiger charge is 2.35. The highest BCUT2D eigenvalue weighted by Crippen LogP contribution is 2.41. The van der Waals surface area contributed by atoms with Gasteiger partial charge in [0.15, 0.2) is 0 Å². The van der Waals surface area contributed by atoms with Gasteiger partial charge in [0, 0.05) is 6.04 Å². The van der Waals surface area contributed by atoms with Crippen molar-refractivity contribution in [3.63, 3.8) is 0 Å². The van der Waals surface area contributed by atoms with Gasteiger partial charge in [-0.1, -0.05) is 30.3 Å². The molecule has 1 saturated carbocycles. The van der Waals surface area contributed by atoms with Crippen LogP contribution in [0.2, 0.25) is 0 Å². The van der Waals surface area contributed by atoms with E-state index in [0.717, 1.165) is 18.4 Å². The third-order valence-electron chi connectivity index (χ3n) is 3.61. The standard InChI is InChI=1S/C14H17N3O2S/c1-10-13(9-15-16-10)20(18,19)17-14(12-7-8-12)11-5-3-2-4-6-11/h2-6,9,12,14,17H,7-8H2,1H3,(H,15,16). The van der Waals surface area contributed by atoms with Gasteiger partial charge in [-0.15, -0.1) is 0 Å². The number of hydrogen-bond acceptors (Lipinski definition) is 3. The molecule has 1 aromatic carbocycles. The Balaban J connectivity index is 1.90. The molecule has 6 heteroatoms. The maximum absolute atomic E-state index is 12.5. The third-order valence-corrected chi connectivity index (χ3v) is 5.16. The topological polar surface area (TPSA) is 74.8 Å². The minimum Gasteiger partial charge on any atom is -0.281 e. The SMILES string of the molecule is Cc1[nH]ncc1S(=O)(=O)NC(c1ccccc1)C1CC1. The molecule has 1 heterocycles. The summed E-state index contributed by atoms with van der Waals surface area (Å²) in [5.41, 5.74) is 1.57. The van der Waals surface area contributed by atoms with Gasteiger partial charge in [0.05, 0.1) is 11.9 Å². The summed E-state index contributed by atoms with van der Waals surface area (Å²) in [7, 11) is -3.54. The van der Waals surface area contributed by atoms with E-state index in [2.05, 4.69) is 14.9 Å². The van der Waals surface area contributed by atoms with Gasteiger partial charge in [-0.2, -0.15) is 5.10 Å². The molecule has 0 amide bonds. The molecule has 5 nitrogen and oxygen atoms in total. The first-order chi connectivity index (χ1) is 9.58. The monoisotopic (exact) mass is 291 g/mol. The molecule has 20 heavy (non-hydrogen) atoms. The molecule has 0 saturated heterocycles. The van der Waals surface area contributed by atoms with Crippen LogP contribution in [0.25, 0.3) is 0 Å². The molecule has 3 rings (SSSR count). The molecule has 0 aliphatic heterocycles. The van der Waals surface area contributed by atoms with Gasteiger partial charge in [0.25, 0.3) is 0 Å². The van der Waals surface area contributed by atoms with Crippen molar-refractivity contribution in [3.05, 3.63) is 47.8 Å². The Kier molecular flexibility index (Phi) is 3.35. The lowest BCUT2D eigenvalue weighted by Crippen LogP contribution is -2.30. The quantitative estimate of drug-likeness (QED) is 0.886. The van der Waals surface area contributed by atoms with Gasteiger partial charge in [-0.05, 0) is 31.2 Å². The Hall–Kier alpha value is -1.66. The zero-order chi connectivity index (χ0) is 14.2. The van der Waals surface area contributed by atoms with E-state index in [9.17, 15) is 8.42 Å². The smallest absolute Gasteiger partial charge is 0.244 e. The molecule has 1 aliphatic carbocycles. The van der Waals surface area contributed by atoms with E-state index in [1.54, 1.807) is 6.92 Å². The molecular weight excluding hydrogens is 274 g/mol. The molecule has 1 fully saturated rings. The van der Waals surface area contributed by atoms with Crippen LogP contribution in [0, 0.1) is 12.8 Å². The molecule has 0 radical (unpaired) electrons. The number of rotatable bonds is 5. The number of nitrogens with zero attached hydrogens (tertiary/aromatic N) is 1. The van der Waals surface area contributed by atoms with Crippen molar-refractivity contribution in [1.29, 1.82) is 0 Å². The Labute approximate surface area is 118 Å². The number of H-pyrrole nitrogens is 1. The van der Waals surface area contributed by atoms with Crippen LogP contribution >= 0.6 is 0 Å². The summed E-state index contributed by atoms with van der Waals surface area (Å²) in [5, 5.41) is 6.45. The highest BCUT2D eigenvalue weighted by molar-refractivity contribution is 7.89. The molecular formula is C14H17N3O2S. The summed E-state index contributed by atoms with van der Waals surface area (Å²) >= 11 is 0. The van der Waals surface area contributed by atoms with Crippen LogP contribution in [0.4, 0.5) is 0 Å². The fourth-order valence-corrected chi connectivity index (χ4v) is 3.80. The summed E-state index contributed by atoms with van der Waals surface area (Å²) in [5.74, 6) is 0.388. The molecule has 0 spiro atoms. The predicted molar refractivity (Wildman–Crippen MR) is 75.6 cm³/mol. The lowest BCUT2D eigenvalue weighted by atomic mass is 10.0. The van der Waals surface area contributed by atoms with Crippen LogP contribution in [0.1, 0.15) is 30.1 Å². The summed E-state index contributed by atoms with van der Waals surface area (Å²) < 4.78 is 27.7. The van der Waals surface area contributed by atoms with Gasteiger partial charge < -0.3 is 0 Å². The normalized spacial score (nSPS) is 17.1. The number of sulfonamides is 1. The zero-order valence-corrected chi connectivity index (χ0v) is 12.0. The number of benzene rings is 1.